The first-order valence-corrected chi connectivity index (χ1v) is 6.11. The van der Waals surface area contributed by atoms with Crippen molar-refractivity contribution in [2.45, 2.75) is 6.92 Å². The average Bonchev–Trinajstić information content (AvgIpc) is 2.47. The molecule has 0 bridgehead atoms. The fraction of sp³-hybridized carbons (Fsp3) is 0.214. The monoisotopic (exact) mass is 256 g/mol. The maximum Gasteiger partial charge on any atom is 0.262 e. The number of hydrogen-bond acceptors (Lipinski definition) is 4. The third-order valence-corrected chi connectivity index (χ3v) is 2.72. The highest BCUT2D eigenvalue weighted by Gasteiger charge is 2.17. The normalized spacial score (nSPS) is 10.0. The lowest BCUT2D eigenvalue weighted by Crippen LogP contribution is -2.28. The van der Waals surface area contributed by atoms with Crippen LogP contribution in [0.5, 0.6) is 0 Å². The molecule has 5 nitrogen and oxygen atoms in total. The van der Waals surface area contributed by atoms with Gasteiger partial charge in [0.1, 0.15) is 5.82 Å². The summed E-state index contributed by atoms with van der Waals surface area (Å²) in [5.74, 6) is 0.474. The average molecular weight is 256 g/mol. The van der Waals surface area contributed by atoms with Gasteiger partial charge in [-0.3, -0.25) is 14.7 Å². The lowest BCUT2D eigenvalue weighted by molar-refractivity contribution is 0.0992. The van der Waals surface area contributed by atoms with Crippen LogP contribution in [0, 0.1) is 0 Å². The lowest BCUT2D eigenvalue weighted by Gasteiger charge is -2.18. The van der Waals surface area contributed by atoms with Crippen molar-refractivity contribution in [3.63, 3.8) is 0 Å². The number of pyridine rings is 2. The van der Waals surface area contributed by atoms with Gasteiger partial charge in [-0.25, -0.2) is 4.98 Å². The summed E-state index contributed by atoms with van der Waals surface area (Å²) in [6, 6.07) is 7.25. The standard InChI is InChI=1S/C14H16N4O/c1-3-16-12-7-9-15-10-11(12)14(19)18(2)13-6-4-5-8-17-13/h4-10H,3H2,1-2H3,(H,15,16). The molecule has 5 heteroatoms. The lowest BCUT2D eigenvalue weighted by atomic mass is 10.2. The molecule has 19 heavy (non-hydrogen) atoms. The predicted octanol–water partition coefficient (Wildman–Crippen LogP) is 2.18. The molecule has 0 aliphatic heterocycles. The Morgan fingerprint density at radius 1 is 1.32 bits per heavy atom. The molecule has 0 atom stereocenters. The van der Waals surface area contributed by atoms with Gasteiger partial charge in [0.2, 0.25) is 0 Å². The van der Waals surface area contributed by atoms with Crippen molar-refractivity contribution < 1.29 is 4.79 Å². The molecule has 0 saturated heterocycles. The Hall–Kier alpha value is -2.43. The van der Waals surface area contributed by atoms with E-state index in [4.69, 9.17) is 0 Å². The highest BCUT2D eigenvalue weighted by Crippen LogP contribution is 2.18. The largest absolute Gasteiger partial charge is 0.385 e. The first-order valence-electron chi connectivity index (χ1n) is 6.11. The van der Waals surface area contributed by atoms with Crippen LogP contribution in [0.1, 0.15) is 17.3 Å². The molecule has 2 rings (SSSR count). The zero-order valence-electron chi connectivity index (χ0n) is 11.0. The Morgan fingerprint density at radius 3 is 2.84 bits per heavy atom. The van der Waals surface area contributed by atoms with E-state index >= 15 is 0 Å². The van der Waals surface area contributed by atoms with Crippen LogP contribution in [-0.2, 0) is 0 Å². The van der Waals surface area contributed by atoms with Gasteiger partial charge in [-0.05, 0) is 25.1 Å². The van der Waals surface area contributed by atoms with Crippen LogP contribution < -0.4 is 10.2 Å². The van der Waals surface area contributed by atoms with Gasteiger partial charge >= 0.3 is 0 Å². The summed E-state index contributed by atoms with van der Waals surface area (Å²) in [6.45, 7) is 2.73. The first-order chi connectivity index (χ1) is 9.24. The summed E-state index contributed by atoms with van der Waals surface area (Å²) in [5, 5.41) is 3.16. The number of rotatable bonds is 4. The zero-order valence-corrected chi connectivity index (χ0v) is 11.0. The molecule has 98 valence electrons. The number of carbonyl (C=O) groups excluding carboxylic acids is 1. The molecule has 0 aliphatic rings. The van der Waals surface area contributed by atoms with E-state index in [1.807, 2.05) is 19.1 Å². The highest BCUT2D eigenvalue weighted by molar-refractivity contribution is 6.08. The smallest absolute Gasteiger partial charge is 0.262 e. The molecule has 0 fully saturated rings. The molecule has 0 unspecified atom stereocenters. The molecule has 0 aliphatic carbocycles. The van der Waals surface area contributed by atoms with Crippen molar-refractivity contribution in [3.05, 3.63) is 48.4 Å². The van der Waals surface area contributed by atoms with Gasteiger partial charge in [0.25, 0.3) is 5.91 Å². The molecular weight excluding hydrogens is 240 g/mol. The van der Waals surface area contributed by atoms with E-state index in [0.29, 0.717) is 11.4 Å². The summed E-state index contributed by atoms with van der Waals surface area (Å²) in [4.78, 5) is 22.1. The van der Waals surface area contributed by atoms with Crippen molar-refractivity contribution in [2.75, 3.05) is 23.8 Å². The van der Waals surface area contributed by atoms with Crippen molar-refractivity contribution in [1.29, 1.82) is 0 Å². The van der Waals surface area contributed by atoms with E-state index in [1.165, 1.54) is 4.90 Å². The quantitative estimate of drug-likeness (QED) is 0.911. The highest BCUT2D eigenvalue weighted by atomic mass is 16.2. The van der Waals surface area contributed by atoms with Crippen molar-refractivity contribution in [3.8, 4) is 0 Å². The van der Waals surface area contributed by atoms with Crippen LogP contribution in [0.4, 0.5) is 11.5 Å². The van der Waals surface area contributed by atoms with Crippen molar-refractivity contribution >= 4 is 17.4 Å². The Bertz CT molecular complexity index is 556. The first kappa shape index (κ1) is 13.0. The maximum atomic E-state index is 12.4. The topological polar surface area (TPSA) is 58.1 Å². The molecule has 2 aromatic heterocycles. The van der Waals surface area contributed by atoms with Crippen molar-refractivity contribution in [2.24, 2.45) is 0 Å². The van der Waals surface area contributed by atoms with E-state index in [0.717, 1.165) is 12.2 Å². The van der Waals surface area contributed by atoms with E-state index < -0.39 is 0 Å². The Labute approximate surface area is 112 Å². The summed E-state index contributed by atoms with van der Waals surface area (Å²) < 4.78 is 0. The number of nitrogens with one attached hydrogen (secondary N) is 1. The van der Waals surface area contributed by atoms with Crippen LogP contribution >= 0.6 is 0 Å². The Kier molecular flexibility index (Phi) is 4.07. The molecule has 0 aromatic carbocycles. The molecule has 1 amide bonds. The van der Waals surface area contributed by atoms with Crippen LogP contribution in [-0.4, -0.2) is 29.5 Å². The van der Waals surface area contributed by atoms with Gasteiger partial charge < -0.3 is 5.32 Å². The number of amides is 1. The molecule has 0 spiro atoms. The minimum absolute atomic E-state index is 0.136. The predicted molar refractivity (Wildman–Crippen MR) is 75.4 cm³/mol. The summed E-state index contributed by atoms with van der Waals surface area (Å²) >= 11 is 0. The van der Waals surface area contributed by atoms with Crippen LogP contribution in [0.3, 0.4) is 0 Å². The van der Waals surface area contributed by atoms with E-state index in [1.54, 1.807) is 37.8 Å². The number of hydrogen-bond donors (Lipinski definition) is 1. The van der Waals surface area contributed by atoms with E-state index in [9.17, 15) is 4.79 Å². The summed E-state index contributed by atoms with van der Waals surface area (Å²) in [5.41, 5.74) is 1.32. The SMILES string of the molecule is CCNc1ccncc1C(=O)N(C)c1ccccn1. The number of aromatic nitrogens is 2. The van der Waals surface area contributed by atoms with Crippen molar-refractivity contribution in [1.82, 2.24) is 9.97 Å². The van der Waals surface area contributed by atoms with Gasteiger partial charge in [-0.1, -0.05) is 6.07 Å². The second-order valence-electron chi connectivity index (χ2n) is 4.00. The third kappa shape index (κ3) is 2.88. The van der Waals surface area contributed by atoms with Crippen LogP contribution in [0.25, 0.3) is 0 Å². The maximum absolute atomic E-state index is 12.4. The van der Waals surface area contributed by atoms with Crippen LogP contribution in [0.2, 0.25) is 0 Å². The molecule has 1 N–H and O–H groups in total. The fourth-order valence-corrected chi connectivity index (χ4v) is 1.75. The molecule has 2 aromatic rings. The fourth-order valence-electron chi connectivity index (χ4n) is 1.75. The number of carbonyl (C=O) groups is 1. The molecule has 2 heterocycles. The minimum Gasteiger partial charge on any atom is -0.385 e. The van der Waals surface area contributed by atoms with Gasteiger partial charge in [0, 0.05) is 32.2 Å². The molecular formula is C14H16N4O. The van der Waals surface area contributed by atoms with E-state index in [-0.39, 0.29) is 5.91 Å². The van der Waals surface area contributed by atoms with Crippen LogP contribution in [0.15, 0.2) is 42.9 Å². The Morgan fingerprint density at radius 2 is 2.16 bits per heavy atom. The van der Waals surface area contributed by atoms with Gasteiger partial charge in [0.15, 0.2) is 0 Å². The second kappa shape index (κ2) is 5.95. The molecule has 0 radical (unpaired) electrons. The molecule has 0 saturated carbocycles. The minimum atomic E-state index is -0.136. The van der Waals surface area contributed by atoms with E-state index in [2.05, 4.69) is 15.3 Å². The summed E-state index contributed by atoms with van der Waals surface area (Å²) in [6.07, 6.45) is 4.89. The Balaban J connectivity index is 2.29. The van der Waals surface area contributed by atoms with Gasteiger partial charge in [-0.15, -0.1) is 0 Å². The number of nitrogens with zero attached hydrogens (tertiary/aromatic N) is 3. The summed E-state index contributed by atoms with van der Waals surface area (Å²) in [7, 11) is 1.70. The van der Waals surface area contributed by atoms with Gasteiger partial charge in [0.05, 0.1) is 11.3 Å². The number of anilines is 2. The second-order valence-corrected chi connectivity index (χ2v) is 4.00. The third-order valence-electron chi connectivity index (χ3n) is 2.72. The van der Waals surface area contributed by atoms with Gasteiger partial charge in [-0.2, -0.15) is 0 Å². The zero-order chi connectivity index (χ0) is 13.7.